The van der Waals surface area contributed by atoms with Gasteiger partial charge in [-0.3, -0.25) is 4.98 Å². The van der Waals surface area contributed by atoms with E-state index in [-0.39, 0.29) is 5.17 Å². The standard InChI is InChI=1S/C20H19F2N3S2/c1-3-5-13-8-14(11-24-10-13)15-9-16(26-12-15)18(2)20(21,22)19(6-4-7-19)27-17(23)25-18/h8-12H,4,6-7H2,1-2H3,(H2,23,25). The van der Waals surface area contributed by atoms with Crippen LogP contribution in [-0.4, -0.2) is 20.8 Å². The zero-order valence-corrected chi connectivity index (χ0v) is 16.7. The van der Waals surface area contributed by atoms with Gasteiger partial charge >= 0.3 is 0 Å². The summed E-state index contributed by atoms with van der Waals surface area (Å²) in [4.78, 5) is 8.97. The van der Waals surface area contributed by atoms with Gasteiger partial charge in [0.05, 0.1) is 4.75 Å². The van der Waals surface area contributed by atoms with Gasteiger partial charge < -0.3 is 5.73 Å². The van der Waals surface area contributed by atoms with Crippen molar-refractivity contribution in [1.82, 2.24) is 4.98 Å². The van der Waals surface area contributed by atoms with Crippen molar-refractivity contribution in [2.24, 2.45) is 10.7 Å². The number of thiophene rings is 1. The number of nitrogens with zero attached hydrogens (tertiary/aromatic N) is 2. The molecule has 2 aromatic heterocycles. The van der Waals surface area contributed by atoms with E-state index < -0.39 is 16.2 Å². The molecule has 2 N–H and O–H groups in total. The molecule has 2 aliphatic rings. The van der Waals surface area contributed by atoms with Crippen molar-refractivity contribution in [2.45, 2.75) is 49.3 Å². The maximum Gasteiger partial charge on any atom is 0.292 e. The summed E-state index contributed by atoms with van der Waals surface area (Å²) in [5.41, 5.74) is 6.82. The van der Waals surface area contributed by atoms with Gasteiger partial charge in [-0.1, -0.05) is 24.1 Å². The van der Waals surface area contributed by atoms with Crippen molar-refractivity contribution >= 4 is 28.3 Å². The number of amidine groups is 1. The number of nitrogens with two attached hydrogens (primary N) is 1. The van der Waals surface area contributed by atoms with E-state index >= 15 is 8.78 Å². The van der Waals surface area contributed by atoms with Gasteiger partial charge in [0.1, 0.15) is 0 Å². The molecule has 1 aliphatic heterocycles. The second kappa shape index (κ2) is 6.32. The molecule has 2 aromatic rings. The van der Waals surface area contributed by atoms with Crippen LogP contribution in [0.1, 0.15) is 43.6 Å². The van der Waals surface area contributed by atoms with Crippen LogP contribution < -0.4 is 5.73 Å². The van der Waals surface area contributed by atoms with Crippen LogP contribution in [0.3, 0.4) is 0 Å². The van der Waals surface area contributed by atoms with E-state index in [0.717, 1.165) is 34.9 Å². The average Bonchev–Trinajstić information content (AvgIpc) is 3.08. The largest absolute Gasteiger partial charge is 0.378 e. The first kappa shape index (κ1) is 18.5. The van der Waals surface area contributed by atoms with Crippen LogP contribution in [0, 0.1) is 11.8 Å². The highest BCUT2D eigenvalue weighted by atomic mass is 32.2. The maximum atomic E-state index is 15.6. The monoisotopic (exact) mass is 403 g/mol. The van der Waals surface area contributed by atoms with Gasteiger partial charge in [0.2, 0.25) is 0 Å². The summed E-state index contributed by atoms with van der Waals surface area (Å²) in [7, 11) is 0. The van der Waals surface area contributed by atoms with Crippen molar-refractivity contribution in [1.29, 1.82) is 0 Å². The highest BCUT2D eigenvalue weighted by molar-refractivity contribution is 8.15. The van der Waals surface area contributed by atoms with Gasteiger partial charge in [-0.15, -0.1) is 17.3 Å². The molecule has 4 rings (SSSR count). The molecule has 1 unspecified atom stereocenters. The van der Waals surface area contributed by atoms with Crippen LogP contribution in [0.4, 0.5) is 8.78 Å². The summed E-state index contributed by atoms with van der Waals surface area (Å²) in [6.45, 7) is 3.27. The number of rotatable bonds is 2. The fourth-order valence-electron chi connectivity index (χ4n) is 3.70. The number of aliphatic imine (C=N–C) groups is 1. The molecule has 7 heteroatoms. The normalized spacial score (nSPS) is 25.3. The molecule has 1 fully saturated rings. The van der Waals surface area contributed by atoms with Crippen molar-refractivity contribution in [3.8, 4) is 23.0 Å². The minimum absolute atomic E-state index is 0.250. The summed E-state index contributed by atoms with van der Waals surface area (Å²) in [5.74, 6) is 2.84. The first-order valence-corrected chi connectivity index (χ1v) is 10.4. The fraction of sp³-hybridized carbons (Fsp3) is 0.400. The Labute approximate surface area is 165 Å². The summed E-state index contributed by atoms with van der Waals surface area (Å²) in [6, 6.07) is 3.70. The van der Waals surface area contributed by atoms with Crippen molar-refractivity contribution in [3.63, 3.8) is 0 Å². The molecular weight excluding hydrogens is 384 g/mol. The molecule has 3 nitrogen and oxygen atoms in total. The summed E-state index contributed by atoms with van der Waals surface area (Å²) in [6.07, 6.45) is 5.15. The minimum atomic E-state index is -2.97. The average molecular weight is 404 g/mol. The molecule has 0 amide bonds. The molecule has 1 saturated carbocycles. The topological polar surface area (TPSA) is 51.3 Å². The fourth-order valence-corrected chi connectivity index (χ4v) is 6.20. The zero-order valence-electron chi connectivity index (χ0n) is 15.1. The second-order valence-corrected chi connectivity index (χ2v) is 9.40. The summed E-state index contributed by atoms with van der Waals surface area (Å²) < 4.78 is 30.0. The lowest BCUT2D eigenvalue weighted by Crippen LogP contribution is -2.63. The Morgan fingerprint density at radius 1 is 1.19 bits per heavy atom. The Balaban J connectivity index is 1.77. The van der Waals surface area contributed by atoms with Gasteiger partial charge in [-0.05, 0) is 49.8 Å². The van der Waals surface area contributed by atoms with Gasteiger partial charge in [0.15, 0.2) is 10.7 Å². The third-order valence-corrected chi connectivity index (χ3v) is 7.90. The quantitative estimate of drug-likeness (QED) is 0.717. The Bertz CT molecular complexity index is 982. The molecule has 0 saturated heterocycles. The van der Waals surface area contributed by atoms with E-state index in [0.29, 0.717) is 17.7 Å². The van der Waals surface area contributed by atoms with Crippen LogP contribution in [0.5, 0.6) is 0 Å². The lowest BCUT2D eigenvalue weighted by molar-refractivity contribution is -0.123. The van der Waals surface area contributed by atoms with E-state index in [4.69, 9.17) is 5.73 Å². The van der Waals surface area contributed by atoms with Crippen LogP contribution in [-0.2, 0) is 5.54 Å². The third-order valence-electron chi connectivity index (χ3n) is 5.40. The number of aromatic nitrogens is 1. The number of alkyl halides is 2. The Morgan fingerprint density at radius 2 is 1.96 bits per heavy atom. The third kappa shape index (κ3) is 2.69. The Morgan fingerprint density at radius 3 is 2.63 bits per heavy atom. The first-order chi connectivity index (χ1) is 12.8. The molecule has 1 atom stereocenters. The van der Waals surface area contributed by atoms with Crippen LogP contribution in [0.2, 0.25) is 0 Å². The minimum Gasteiger partial charge on any atom is -0.378 e. The lowest BCUT2D eigenvalue weighted by atomic mass is 9.71. The number of halogens is 2. The predicted octanol–water partition coefficient (Wildman–Crippen LogP) is 5.02. The number of pyridine rings is 1. The molecule has 27 heavy (non-hydrogen) atoms. The molecule has 0 aromatic carbocycles. The molecule has 0 bridgehead atoms. The van der Waals surface area contributed by atoms with Gasteiger partial charge in [0.25, 0.3) is 5.92 Å². The highest BCUT2D eigenvalue weighted by Gasteiger charge is 2.70. The lowest BCUT2D eigenvalue weighted by Gasteiger charge is -2.54. The first-order valence-electron chi connectivity index (χ1n) is 8.71. The number of hydrogen-bond donors (Lipinski definition) is 1. The van der Waals surface area contributed by atoms with Crippen LogP contribution in [0.15, 0.2) is 34.9 Å². The van der Waals surface area contributed by atoms with E-state index in [1.807, 2.05) is 11.4 Å². The van der Waals surface area contributed by atoms with E-state index in [2.05, 4.69) is 21.8 Å². The molecule has 1 spiro atoms. The summed E-state index contributed by atoms with van der Waals surface area (Å²) in [5, 5.41) is 2.12. The molecule has 0 radical (unpaired) electrons. The molecule has 3 heterocycles. The number of hydrogen-bond acceptors (Lipinski definition) is 5. The molecular formula is C20H19F2N3S2. The molecule has 140 valence electrons. The van der Waals surface area contributed by atoms with Crippen molar-refractivity contribution < 1.29 is 8.78 Å². The predicted molar refractivity (Wildman–Crippen MR) is 108 cm³/mol. The van der Waals surface area contributed by atoms with Crippen LogP contribution >= 0.6 is 23.1 Å². The maximum absolute atomic E-state index is 15.6. The van der Waals surface area contributed by atoms with Gasteiger partial charge in [-0.25, -0.2) is 13.8 Å². The second-order valence-electron chi connectivity index (χ2n) is 7.08. The highest BCUT2D eigenvalue weighted by Crippen LogP contribution is 2.63. The van der Waals surface area contributed by atoms with Crippen LogP contribution in [0.25, 0.3) is 11.1 Å². The SMILES string of the molecule is CC#Cc1cncc(-c2csc(C3(C)N=C(N)SC4(CCC4)C3(F)F)c2)c1. The van der Waals surface area contributed by atoms with Crippen molar-refractivity contribution in [3.05, 3.63) is 40.3 Å². The van der Waals surface area contributed by atoms with Gasteiger partial charge in [0, 0.05) is 28.4 Å². The smallest absolute Gasteiger partial charge is 0.292 e. The molecule has 1 aliphatic carbocycles. The van der Waals surface area contributed by atoms with E-state index in [1.165, 1.54) is 18.3 Å². The van der Waals surface area contributed by atoms with Gasteiger partial charge in [-0.2, -0.15) is 0 Å². The Kier molecular flexibility index (Phi) is 4.32. The summed E-state index contributed by atoms with van der Waals surface area (Å²) >= 11 is 2.34. The Hall–Kier alpha value is -1.91. The van der Waals surface area contributed by atoms with E-state index in [9.17, 15) is 0 Å². The zero-order chi connectivity index (χ0) is 19.3. The van der Waals surface area contributed by atoms with E-state index in [1.54, 1.807) is 25.4 Å². The number of thioether (sulfide) groups is 1. The van der Waals surface area contributed by atoms with Crippen molar-refractivity contribution in [2.75, 3.05) is 0 Å².